The number of amides is 1. The molecule has 1 aromatic heterocycles. The molecule has 0 radical (unpaired) electrons. The van der Waals surface area contributed by atoms with Gasteiger partial charge in [0.05, 0.1) is 36.3 Å². The zero-order valence-corrected chi connectivity index (χ0v) is 18.1. The molecule has 1 fully saturated rings. The molecule has 0 aliphatic carbocycles. The first kappa shape index (κ1) is 21.1. The van der Waals surface area contributed by atoms with Crippen molar-refractivity contribution in [1.82, 2.24) is 9.88 Å². The number of morpholine rings is 1. The second kappa shape index (κ2) is 10.2. The van der Waals surface area contributed by atoms with Gasteiger partial charge in [-0.3, -0.25) is 10.2 Å². The minimum absolute atomic E-state index is 0.0350. The molecule has 0 spiro atoms. The lowest BCUT2D eigenvalue weighted by atomic mass is 10.2. The number of carbonyl (C=O) groups excluding carboxylic acids is 1. The number of nitrogens with one attached hydrogen (secondary N) is 1. The third kappa shape index (κ3) is 5.50. The molecule has 0 saturated carbocycles. The zero-order valence-electron chi connectivity index (χ0n) is 17.2. The molecule has 1 amide bonds. The second-order valence-electron chi connectivity index (χ2n) is 6.78. The third-order valence-electron chi connectivity index (χ3n) is 4.65. The maximum Gasteiger partial charge on any atom is 0.260 e. The van der Waals surface area contributed by atoms with Crippen molar-refractivity contribution in [1.29, 1.82) is 0 Å². The van der Waals surface area contributed by atoms with Crippen LogP contribution in [0, 0.1) is 0 Å². The first-order chi connectivity index (χ1) is 15.2. The number of hydrazone groups is 1. The largest absolute Gasteiger partial charge is 0.490 e. The molecule has 8 nitrogen and oxygen atoms in total. The molecule has 0 bridgehead atoms. The van der Waals surface area contributed by atoms with Gasteiger partial charge in [-0.15, -0.1) is 0 Å². The first-order valence-corrected chi connectivity index (χ1v) is 10.9. The molecule has 1 saturated heterocycles. The van der Waals surface area contributed by atoms with Gasteiger partial charge in [0.25, 0.3) is 5.91 Å². The van der Waals surface area contributed by atoms with Crippen LogP contribution in [-0.4, -0.2) is 61.5 Å². The maximum absolute atomic E-state index is 12.3. The fourth-order valence-corrected chi connectivity index (χ4v) is 3.93. The van der Waals surface area contributed by atoms with Crippen molar-refractivity contribution in [2.75, 3.05) is 44.9 Å². The quantitative estimate of drug-likeness (QED) is 0.427. The number of nitrogens with zero attached hydrogens (tertiary/aromatic N) is 3. The number of para-hydroxylation sites is 1. The van der Waals surface area contributed by atoms with Crippen molar-refractivity contribution in [3.05, 3.63) is 48.0 Å². The summed E-state index contributed by atoms with van der Waals surface area (Å²) in [5.41, 5.74) is 4.75. The van der Waals surface area contributed by atoms with Gasteiger partial charge in [-0.25, -0.2) is 4.98 Å². The molecule has 1 aliphatic heterocycles. The molecule has 2 heterocycles. The Morgan fingerprint density at radius 3 is 2.87 bits per heavy atom. The standard InChI is InChI=1S/C22H24N4O4S/c1-2-29-19-13-16(14-23-25-22-24-17-5-3-4-6-20(17)31-22)7-8-18(19)30-15-21(27)26-9-11-28-12-10-26/h3-8,13-14H,2,9-12,15H2,1H3,(H,24,25)/b23-14+. The average Bonchev–Trinajstić information content (AvgIpc) is 3.22. The van der Waals surface area contributed by atoms with Crippen molar-refractivity contribution >= 4 is 38.8 Å². The molecular weight excluding hydrogens is 416 g/mol. The van der Waals surface area contributed by atoms with Crippen LogP contribution in [0.3, 0.4) is 0 Å². The summed E-state index contributed by atoms with van der Waals surface area (Å²) in [7, 11) is 0. The Labute approximate surface area is 184 Å². The molecular formula is C22H24N4O4S. The van der Waals surface area contributed by atoms with Crippen molar-refractivity contribution < 1.29 is 19.0 Å². The highest BCUT2D eigenvalue weighted by Crippen LogP contribution is 2.28. The summed E-state index contributed by atoms with van der Waals surface area (Å²) in [5.74, 6) is 1.04. The summed E-state index contributed by atoms with van der Waals surface area (Å²) in [6.07, 6.45) is 1.69. The van der Waals surface area contributed by atoms with Gasteiger partial charge in [-0.05, 0) is 42.8 Å². The zero-order chi connectivity index (χ0) is 21.5. The number of thiazole rings is 1. The summed E-state index contributed by atoms with van der Waals surface area (Å²) in [4.78, 5) is 18.6. The molecule has 1 N–H and O–H groups in total. The number of anilines is 1. The smallest absolute Gasteiger partial charge is 0.260 e. The van der Waals surface area contributed by atoms with Gasteiger partial charge in [0.15, 0.2) is 18.1 Å². The van der Waals surface area contributed by atoms with E-state index in [-0.39, 0.29) is 12.5 Å². The van der Waals surface area contributed by atoms with E-state index in [9.17, 15) is 4.79 Å². The molecule has 4 rings (SSSR count). The van der Waals surface area contributed by atoms with Gasteiger partial charge < -0.3 is 19.1 Å². The Morgan fingerprint density at radius 2 is 2.06 bits per heavy atom. The lowest BCUT2D eigenvalue weighted by Gasteiger charge is -2.26. The van der Waals surface area contributed by atoms with Gasteiger partial charge >= 0.3 is 0 Å². The predicted octanol–water partition coefficient (Wildman–Crippen LogP) is 3.38. The molecule has 1 aliphatic rings. The van der Waals surface area contributed by atoms with E-state index in [4.69, 9.17) is 14.2 Å². The van der Waals surface area contributed by atoms with Gasteiger partial charge in [0.2, 0.25) is 5.13 Å². The SMILES string of the molecule is CCOc1cc(/C=N/Nc2nc3ccccc3s2)ccc1OCC(=O)N1CCOCC1. The van der Waals surface area contributed by atoms with Gasteiger partial charge in [0, 0.05) is 13.1 Å². The fraction of sp³-hybridized carbons (Fsp3) is 0.318. The van der Waals surface area contributed by atoms with Crippen LogP contribution in [0.1, 0.15) is 12.5 Å². The number of hydrogen-bond donors (Lipinski definition) is 1. The van der Waals surface area contributed by atoms with E-state index in [0.717, 1.165) is 20.9 Å². The number of carbonyl (C=O) groups is 1. The van der Waals surface area contributed by atoms with Gasteiger partial charge in [0.1, 0.15) is 0 Å². The normalized spacial score (nSPS) is 14.2. The summed E-state index contributed by atoms with van der Waals surface area (Å²) in [6.45, 7) is 4.67. The third-order valence-corrected chi connectivity index (χ3v) is 5.59. The summed E-state index contributed by atoms with van der Waals surface area (Å²) >= 11 is 1.54. The molecule has 2 aromatic carbocycles. The number of aromatic nitrogens is 1. The lowest BCUT2D eigenvalue weighted by molar-refractivity contribution is -0.137. The summed E-state index contributed by atoms with van der Waals surface area (Å²) in [5, 5.41) is 5.00. The highest BCUT2D eigenvalue weighted by atomic mass is 32.1. The molecule has 162 valence electrons. The number of hydrogen-bond acceptors (Lipinski definition) is 8. The predicted molar refractivity (Wildman–Crippen MR) is 121 cm³/mol. The minimum atomic E-state index is -0.0589. The molecule has 0 atom stereocenters. The van der Waals surface area contributed by atoms with Crippen LogP contribution >= 0.6 is 11.3 Å². The van der Waals surface area contributed by atoms with E-state index in [2.05, 4.69) is 15.5 Å². The number of benzene rings is 2. The summed E-state index contributed by atoms with van der Waals surface area (Å²) in [6, 6.07) is 13.4. The van der Waals surface area contributed by atoms with E-state index >= 15 is 0 Å². The van der Waals surface area contributed by atoms with Crippen molar-refractivity contribution in [2.45, 2.75) is 6.92 Å². The van der Waals surface area contributed by atoms with E-state index < -0.39 is 0 Å². The molecule has 3 aromatic rings. The van der Waals surface area contributed by atoms with Crippen LogP contribution in [0.2, 0.25) is 0 Å². The average molecular weight is 441 g/mol. The Hall–Kier alpha value is -3.17. The molecule has 9 heteroatoms. The minimum Gasteiger partial charge on any atom is -0.490 e. The lowest BCUT2D eigenvalue weighted by Crippen LogP contribution is -2.43. The maximum atomic E-state index is 12.3. The van der Waals surface area contributed by atoms with Gasteiger partial charge in [-0.2, -0.15) is 5.10 Å². The number of rotatable bonds is 8. The van der Waals surface area contributed by atoms with Crippen LogP contribution in [0.25, 0.3) is 10.2 Å². The topological polar surface area (TPSA) is 85.3 Å². The Bertz CT molecular complexity index is 1030. The van der Waals surface area contributed by atoms with Crippen LogP contribution < -0.4 is 14.9 Å². The summed E-state index contributed by atoms with van der Waals surface area (Å²) < 4.78 is 17.8. The number of ether oxygens (including phenoxy) is 3. The number of fused-ring (bicyclic) bond motifs is 1. The second-order valence-corrected chi connectivity index (χ2v) is 7.81. The Morgan fingerprint density at radius 1 is 1.23 bits per heavy atom. The van der Waals surface area contributed by atoms with Gasteiger partial charge in [-0.1, -0.05) is 23.5 Å². The monoisotopic (exact) mass is 440 g/mol. The molecule has 0 unspecified atom stereocenters. The molecule has 31 heavy (non-hydrogen) atoms. The van der Waals surface area contributed by atoms with Crippen LogP contribution in [0.5, 0.6) is 11.5 Å². The highest BCUT2D eigenvalue weighted by molar-refractivity contribution is 7.22. The first-order valence-electron chi connectivity index (χ1n) is 10.1. The Balaban J connectivity index is 1.38. The van der Waals surface area contributed by atoms with Crippen LogP contribution in [0.4, 0.5) is 5.13 Å². The fourth-order valence-electron chi connectivity index (χ4n) is 3.12. The van der Waals surface area contributed by atoms with Crippen LogP contribution in [-0.2, 0) is 9.53 Å². The van der Waals surface area contributed by atoms with E-state index in [1.165, 1.54) is 0 Å². The van der Waals surface area contributed by atoms with E-state index in [0.29, 0.717) is 44.4 Å². The van der Waals surface area contributed by atoms with E-state index in [1.807, 2.05) is 43.3 Å². The Kier molecular flexibility index (Phi) is 6.96. The van der Waals surface area contributed by atoms with Crippen molar-refractivity contribution in [2.24, 2.45) is 5.10 Å². The van der Waals surface area contributed by atoms with Crippen molar-refractivity contribution in [3.8, 4) is 11.5 Å². The van der Waals surface area contributed by atoms with Crippen LogP contribution in [0.15, 0.2) is 47.6 Å². The highest BCUT2D eigenvalue weighted by Gasteiger charge is 2.18. The van der Waals surface area contributed by atoms with E-state index in [1.54, 1.807) is 28.5 Å². The van der Waals surface area contributed by atoms with Crippen molar-refractivity contribution in [3.63, 3.8) is 0 Å².